The lowest BCUT2D eigenvalue weighted by molar-refractivity contribution is -0.129. The number of fused-ring (bicyclic) bond motifs is 1. The molecule has 27 heavy (non-hydrogen) atoms. The molecule has 0 aromatic rings. The molecule has 150 valence electrons. The lowest BCUT2D eigenvalue weighted by Crippen LogP contribution is -2.39. The number of hydrogen-bond acceptors (Lipinski definition) is 3. The number of hydrogen-bond donors (Lipinski definition) is 0. The van der Waals surface area contributed by atoms with E-state index in [1.807, 2.05) is 38.7 Å². The van der Waals surface area contributed by atoms with Crippen molar-refractivity contribution < 1.29 is 14.0 Å². The molecule has 2 aliphatic rings. The number of ether oxygens (including phenoxy) is 1. The second kappa shape index (κ2) is 7.92. The van der Waals surface area contributed by atoms with Crippen LogP contribution in [0.1, 0.15) is 53.9 Å². The van der Waals surface area contributed by atoms with Crippen LogP contribution in [0.15, 0.2) is 47.1 Å². The van der Waals surface area contributed by atoms with E-state index in [1.54, 1.807) is 6.08 Å². The smallest absolute Gasteiger partial charge is 0.317 e. The van der Waals surface area contributed by atoms with E-state index < -0.39 is 8.32 Å². The van der Waals surface area contributed by atoms with Crippen LogP contribution in [0.5, 0.6) is 0 Å². The second-order valence-electron chi connectivity index (χ2n) is 9.78. The zero-order chi connectivity index (χ0) is 20.5. The Balaban J connectivity index is 2.05. The molecule has 2 rings (SSSR count). The lowest BCUT2D eigenvalue weighted by atomic mass is 9.67. The minimum atomic E-state index is -1.84. The highest BCUT2D eigenvalue weighted by molar-refractivity contribution is 6.71. The number of allylic oxidation sites excluding steroid dienone is 4. The molecule has 1 aliphatic carbocycles. The van der Waals surface area contributed by atoms with Gasteiger partial charge in [-0.1, -0.05) is 32.1 Å². The molecule has 1 fully saturated rings. The third-order valence-corrected chi connectivity index (χ3v) is 6.19. The first-order valence-corrected chi connectivity index (χ1v) is 13.4. The van der Waals surface area contributed by atoms with Crippen molar-refractivity contribution in [2.45, 2.75) is 85.2 Å². The van der Waals surface area contributed by atoms with Gasteiger partial charge in [0.2, 0.25) is 8.32 Å². The average Bonchev–Trinajstić information content (AvgIpc) is 2.84. The summed E-state index contributed by atoms with van der Waals surface area (Å²) in [6, 6.07) is 0. The van der Waals surface area contributed by atoms with Crippen molar-refractivity contribution in [2.75, 3.05) is 0 Å². The topological polar surface area (TPSA) is 35.5 Å². The third-order valence-electron chi connectivity index (χ3n) is 5.38. The fraction of sp³-hybridized carbons (Fsp3) is 0.609. The van der Waals surface area contributed by atoms with Gasteiger partial charge < -0.3 is 9.16 Å². The summed E-state index contributed by atoms with van der Waals surface area (Å²) in [5.41, 5.74) is 3.61. The molecule has 2 unspecified atom stereocenters. The van der Waals surface area contributed by atoms with Crippen molar-refractivity contribution >= 4 is 14.3 Å². The summed E-state index contributed by atoms with van der Waals surface area (Å²) in [5.74, 6) is -0.250. The Hall–Kier alpha value is -1.39. The molecule has 4 heteroatoms. The SMILES string of the molecule is C/C(=C/C=C/C(C)=C/C(=O)O[Si](C)(C)C)C1C=C2C(C)(C)CCCC2(C)O1. The van der Waals surface area contributed by atoms with Crippen LogP contribution in [-0.4, -0.2) is 26.0 Å². The maximum Gasteiger partial charge on any atom is 0.317 e. The molecule has 1 heterocycles. The average molecular weight is 389 g/mol. The van der Waals surface area contributed by atoms with Crippen LogP contribution >= 0.6 is 0 Å². The van der Waals surface area contributed by atoms with Crippen molar-refractivity contribution in [1.82, 2.24) is 0 Å². The number of carbonyl (C=O) groups is 1. The van der Waals surface area contributed by atoms with Crippen molar-refractivity contribution in [1.29, 1.82) is 0 Å². The third kappa shape index (κ3) is 5.79. The van der Waals surface area contributed by atoms with E-state index in [-0.39, 0.29) is 23.1 Å². The zero-order valence-electron chi connectivity index (χ0n) is 18.3. The molecule has 0 radical (unpaired) electrons. The predicted molar refractivity (Wildman–Crippen MR) is 115 cm³/mol. The van der Waals surface area contributed by atoms with Gasteiger partial charge in [-0.25, -0.2) is 4.79 Å². The molecule has 0 N–H and O–H groups in total. The van der Waals surface area contributed by atoms with Gasteiger partial charge in [0.05, 0.1) is 11.7 Å². The first-order chi connectivity index (χ1) is 12.3. The largest absolute Gasteiger partial charge is 0.517 e. The Kier molecular flexibility index (Phi) is 6.43. The fourth-order valence-electron chi connectivity index (χ4n) is 4.08. The summed E-state index contributed by atoms with van der Waals surface area (Å²) < 4.78 is 11.9. The molecule has 0 spiro atoms. The Labute approximate surface area is 166 Å². The zero-order valence-corrected chi connectivity index (χ0v) is 19.3. The molecular formula is C23H36O3Si. The van der Waals surface area contributed by atoms with Crippen LogP contribution in [0.3, 0.4) is 0 Å². The van der Waals surface area contributed by atoms with E-state index in [2.05, 4.69) is 39.8 Å². The number of rotatable bonds is 5. The highest BCUT2D eigenvalue weighted by Gasteiger charge is 2.47. The van der Waals surface area contributed by atoms with Gasteiger partial charge in [0.1, 0.15) is 0 Å². The monoisotopic (exact) mass is 388 g/mol. The second-order valence-corrected chi connectivity index (χ2v) is 14.2. The van der Waals surface area contributed by atoms with Crippen LogP contribution in [0.25, 0.3) is 0 Å². The maximum absolute atomic E-state index is 11.9. The molecule has 0 amide bonds. The minimum absolute atomic E-state index is 0.0353. The van der Waals surface area contributed by atoms with Gasteiger partial charge in [-0.05, 0) is 87.9 Å². The van der Waals surface area contributed by atoms with E-state index in [0.717, 1.165) is 12.0 Å². The molecule has 3 nitrogen and oxygen atoms in total. The summed E-state index contributed by atoms with van der Waals surface area (Å²) in [4.78, 5) is 11.9. The fourth-order valence-corrected chi connectivity index (χ4v) is 4.74. The van der Waals surface area contributed by atoms with Crippen LogP contribution in [0, 0.1) is 5.41 Å². The van der Waals surface area contributed by atoms with Crippen LogP contribution < -0.4 is 0 Å². The van der Waals surface area contributed by atoms with E-state index in [1.165, 1.54) is 24.0 Å². The molecule has 0 aromatic carbocycles. The Bertz CT molecular complexity index is 704. The molecule has 1 saturated carbocycles. The summed E-state index contributed by atoms with van der Waals surface area (Å²) in [5, 5.41) is 0. The first-order valence-electron chi connectivity index (χ1n) is 9.99. The van der Waals surface area contributed by atoms with Gasteiger partial charge in [0, 0.05) is 6.08 Å². The van der Waals surface area contributed by atoms with Gasteiger partial charge in [0.15, 0.2) is 0 Å². The van der Waals surface area contributed by atoms with Crippen molar-refractivity contribution in [3.8, 4) is 0 Å². The summed E-state index contributed by atoms with van der Waals surface area (Å²) >= 11 is 0. The van der Waals surface area contributed by atoms with Crippen LogP contribution in [0.4, 0.5) is 0 Å². The maximum atomic E-state index is 11.9. The van der Waals surface area contributed by atoms with E-state index in [0.29, 0.717) is 0 Å². The Morgan fingerprint density at radius 3 is 2.48 bits per heavy atom. The van der Waals surface area contributed by atoms with Gasteiger partial charge in [-0.3, -0.25) is 0 Å². The summed E-state index contributed by atoms with van der Waals surface area (Å²) in [6.07, 6.45) is 13.5. The molecule has 0 bridgehead atoms. The van der Waals surface area contributed by atoms with Crippen LogP contribution in [0.2, 0.25) is 19.6 Å². The highest BCUT2D eigenvalue weighted by atomic mass is 28.4. The molecule has 1 aliphatic heterocycles. The lowest BCUT2D eigenvalue weighted by Gasteiger charge is -2.42. The molecule has 2 atom stereocenters. The molecule has 0 saturated heterocycles. The van der Waals surface area contributed by atoms with Crippen molar-refractivity contribution in [3.05, 3.63) is 47.1 Å². The number of carbonyl (C=O) groups excluding carboxylic acids is 1. The van der Waals surface area contributed by atoms with Crippen LogP contribution in [-0.2, 0) is 14.0 Å². The van der Waals surface area contributed by atoms with Gasteiger partial charge >= 0.3 is 5.97 Å². The van der Waals surface area contributed by atoms with Gasteiger partial charge in [0.25, 0.3) is 0 Å². The Morgan fingerprint density at radius 1 is 1.22 bits per heavy atom. The van der Waals surface area contributed by atoms with Crippen molar-refractivity contribution in [3.63, 3.8) is 0 Å². The van der Waals surface area contributed by atoms with E-state index in [4.69, 9.17) is 9.16 Å². The highest BCUT2D eigenvalue weighted by Crippen LogP contribution is 2.51. The predicted octanol–water partition coefficient (Wildman–Crippen LogP) is 6.11. The van der Waals surface area contributed by atoms with E-state index in [9.17, 15) is 4.79 Å². The van der Waals surface area contributed by atoms with E-state index >= 15 is 0 Å². The standard InChI is InChI=1S/C23H36O3Si/c1-17(15-21(24)26-27(6,7)8)11-9-12-18(2)19-16-20-22(3,4)13-10-14-23(20,5)25-19/h9,11-12,15-16,19H,10,13-14H2,1-8H3/b11-9+,17-15+,18-12-. The minimum Gasteiger partial charge on any atom is -0.517 e. The summed E-state index contributed by atoms with van der Waals surface area (Å²) in [7, 11) is -1.84. The first kappa shape index (κ1) is 21.9. The quantitative estimate of drug-likeness (QED) is 0.247. The summed E-state index contributed by atoms with van der Waals surface area (Å²) in [6.45, 7) is 16.9. The molecule has 0 aromatic heterocycles. The van der Waals surface area contributed by atoms with Gasteiger partial charge in [-0.2, -0.15) is 0 Å². The Morgan fingerprint density at radius 2 is 1.89 bits per heavy atom. The van der Waals surface area contributed by atoms with Gasteiger partial charge in [-0.15, -0.1) is 0 Å². The van der Waals surface area contributed by atoms with Crippen molar-refractivity contribution in [2.24, 2.45) is 5.41 Å². The molecular weight excluding hydrogens is 352 g/mol. The normalized spacial score (nSPS) is 28.9.